The van der Waals surface area contributed by atoms with Crippen molar-refractivity contribution in [3.63, 3.8) is 0 Å². The van der Waals surface area contributed by atoms with E-state index in [1.807, 2.05) is 62.2 Å². The van der Waals surface area contributed by atoms with Gasteiger partial charge in [0.15, 0.2) is 0 Å². The van der Waals surface area contributed by atoms with E-state index in [2.05, 4.69) is 0 Å². The monoisotopic (exact) mass is 553 g/mol. The molecule has 0 fully saturated rings. The first-order valence-corrected chi connectivity index (χ1v) is 8.85. The number of hydrogen-bond donors (Lipinski definition) is 1. The second-order valence-electron chi connectivity index (χ2n) is 3.18. The van der Waals surface area contributed by atoms with Crippen LogP contribution < -0.4 is 0 Å². The molecule has 0 atom stereocenters. The topological polar surface area (TPSA) is 72.8 Å². The third-order valence-electron chi connectivity index (χ3n) is 1.89. The van der Waals surface area contributed by atoms with Crippen LogP contribution in [0.25, 0.3) is 0 Å². The second kappa shape index (κ2) is 39.0. The maximum absolute atomic E-state index is 10.6. The molecule has 1 rings (SSSR count). The van der Waals surface area contributed by atoms with Gasteiger partial charge in [0.05, 0.1) is 6.61 Å². The van der Waals surface area contributed by atoms with Crippen molar-refractivity contribution >= 4 is 12.8 Å². The smallest absolute Gasteiger partial charge is 0.302 e. The number of carbonyl (C=O) groups is 2. The molecule has 0 aliphatic carbocycles. The van der Waals surface area contributed by atoms with E-state index < -0.39 is 0 Å². The zero-order valence-electron chi connectivity index (χ0n) is 18.3. The SMILES string of the molecule is C=O.CC.CC.CC.CC.COCc1ccc(O)c(COC(C)=O)c1.[Ir]. The maximum atomic E-state index is 10.6. The summed E-state index contributed by atoms with van der Waals surface area (Å²) in [5.74, 6) is -0.248. The van der Waals surface area contributed by atoms with E-state index in [9.17, 15) is 9.90 Å². The van der Waals surface area contributed by atoms with Crippen molar-refractivity contribution in [2.75, 3.05) is 7.11 Å². The van der Waals surface area contributed by atoms with Crippen molar-refractivity contribution in [1.29, 1.82) is 0 Å². The van der Waals surface area contributed by atoms with Gasteiger partial charge in [-0.2, -0.15) is 0 Å². The van der Waals surface area contributed by atoms with Gasteiger partial charge < -0.3 is 19.4 Å². The summed E-state index contributed by atoms with van der Waals surface area (Å²) in [6.07, 6.45) is 0. The van der Waals surface area contributed by atoms with Crippen LogP contribution in [0.5, 0.6) is 5.75 Å². The molecule has 0 spiro atoms. The average Bonchev–Trinajstić information content (AvgIpc) is 2.70. The molecule has 0 saturated heterocycles. The number of esters is 1. The summed E-state index contributed by atoms with van der Waals surface area (Å²) in [6.45, 7) is 19.9. The van der Waals surface area contributed by atoms with Gasteiger partial charge >= 0.3 is 5.97 Å². The Kier molecular flexibility index (Phi) is 59.6. The summed E-state index contributed by atoms with van der Waals surface area (Å²) in [7, 11) is 1.60. The second-order valence-corrected chi connectivity index (χ2v) is 3.18. The Hall–Kier alpha value is -1.23. The quantitative estimate of drug-likeness (QED) is 0.498. The molecule has 0 aliphatic rings. The number of aromatic hydroxyl groups is 1. The van der Waals surface area contributed by atoms with Crippen molar-refractivity contribution in [2.45, 2.75) is 75.5 Å². The van der Waals surface area contributed by atoms with Crippen LogP contribution in [0.1, 0.15) is 73.4 Å². The molecule has 159 valence electrons. The zero-order chi connectivity index (χ0) is 21.3. The van der Waals surface area contributed by atoms with Gasteiger partial charge in [-0.1, -0.05) is 61.5 Å². The van der Waals surface area contributed by atoms with Crippen LogP contribution in [0, 0.1) is 0 Å². The summed E-state index contributed by atoms with van der Waals surface area (Å²) in [6, 6.07) is 5.07. The Morgan fingerprint density at radius 1 is 0.962 bits per heavy atom. The summed E-state index contributed by atoms with van der Waals surface area (Å²) >= 11 is 0. The summed E-state index contributed by atoms with van der Waals surface area (Å²) in [5, 5.41) is 9.48. The van der Waals surface area contributed by atoms with E-state index in [0.29, 0.717) is 12.2 Å². The fraction of sp³-hybridized carbons (Fsp3) is 0.600. The van der Waals surface area contributed by atoms with E-state index >= 15 is 0 Å². The van der Waals surface area contributed by atoms with Crippen LogP contribution in [-0.2, 0) is 52.4 Å². The molecular formula is C20H40IrO5. The van der Waals surface area contributed by atoms with Crippen LogP contribution in [0.4, 0.5) is 0 Å². The van der Waals surface area contributed by atoms with E-state index in [4.69, 9.17) is 14.3 Å². The molecule has 1 radical (unpaired) electrons. The molecule has 0 saturated carbocycles. The third kappa shape index (κ3) is 27.6. The number of carbonyl (C=O) groups excluding carboxylic acids is 2. The zero-order valence-corrected chi connectivity index (χ0v) is 20.7. The Bertz CT molecular complexity index is 371. The molecule has 0 aliphatic heterocycles. The van der Waals surface area contributed by atoms with Crippen molar-refractivity contribution in [3.05, 3.63) is 29.3 Å². The Balaban J connectivity index is -0.0000000786. The van der Waals surface area contributed by atoms with Crippen LogP contribution in [-0.4, -0.2) is 25.0 Å². The third-order valence-corrected chi connectivity index (χ3v) is 1.89. The number of benzene rings is 1. The van der Waals surface area contributed by atoms with E-state index in [1.165, 1.54) is 6.92 Å². The van der Waals surface area contributed by atoms with E-state index in [-0.39, 0.29) is 38.4 Å². The minimum atomic E-state index is -0.369. The van der Waals surface area contributed by atoms with Crippen LogP contribution in [0.3, 0.4) is 0 Å². The average molecular weight is 553 g/mol. The largest absolute Gasteiger partial charge is 0.508 e. The Labute approximate surface area is 174 Å². The molecule has 0 heterocycles. The molecule has 0 amide bonds. The fourth-order valence-electron chi connectivity index (χ4n) is 1.19. The number of methoxy groups -OCH3 is 1. The number of phenolic OH excluding ortho intramolecular Hbond substituents is 1. The van der Waals surface area contributed by atoms with Crippen molar-refractivity contribution in [1.82, 2.24) is 0 Å². The van der Waals surface area contributed by atoms with Crippen molar-refractivity contribution in [3.8, 4) is 5.75 Å². The van der Waals surface area contributed by atoms with Gasteiger partial charge in [0, 0.05) is 39.7 Å². The molecule has 0 bridgehead atoms. The number of rotatable bonds is 4. The van der Waals surface area contributed by atoms with Crippen LogP contribution in [0.2, 0.25) is 0 Å². The van der Waals surface area contributed by atoms with Gasteiger partial charge in [-0.15, -0.1) is 0 Å². The predicted octanol–water partition coefficient (Wildman–Crippen LogP) is 5.52. The molecule has 1 aromatic rings. The van der Waals surface area contributed by atoms with Gasteiger partial charge in [0.25, 0.3) is 0 Å². The van der Waals surface area contributed by atoms with Gasteiger partial charge in [-0.25, -0.2) is 0 Å². The van der Waals surface area contributed by atoms with Crippen LogP contribution in [0.15, 0.2) is 18.2 Å². The first kappa shape index (κ1) is 39.7. The van der Waals surface area contributed by atoms with Crippen molar-refractivity contribution in [2.24, 2.45) is 0 Å². The molecular weight excluding hydrogens is 512 g/mol. The van der Waals surface area contributed by atoms with E-state index in [0.717, 1.165) is 5.56 Å². The van der Waals surface area contributed by atoms with Gasteiger partial charge in [-0.05, 0) is 17.7 Å². The minimum absolute atomic E-state index is 0. The molecule has 1 aromatic carbocycles. The molecule has 26 heavy (non-hydrogen) atoms. The summed E-state index contributed by atoms with van der Waals surface area (Å²) < 4.78 is 9.76. The number of hydrogen-bond acceptors (Lipinski definition) is 5. The minimum Gasteiger partial charge on any atom is -0.508 e. The number of ether oxygens (including phenoxy) is 2. The van der Waals surface area contributed by atoms with E-state index in [1.54, 1.807) is 25.3 Å². The standard InChI is InChI=1S/C11H14O4.4C2H6.CH2O.Ir/c1-8(12)15-7-10-5-9(6-14-2)3-4-11(10)13;5*1-2;/h3-5,13H,6-7H2,1-2H3;4*1-2H3;1H2;. The van der Waals surface area contributed by atoms with Gasteiger partial charge in [0.2, 0.25) is 0 Å². The Morgan fingerprint density at radius 3 is 1.73 bits per heavy atom. The van der Waals surface area contributed by atoms with Gasteiger partial charge in [-0.3, -0.25) is 4.79 Å². The first-order chi connectivity index (χ1) is 12.1. The maximum Gasteiger partial charge on any atom is 0.302 e. The Morgan fingerprint density at radius 2 is 1.38 bits per heavy atom. The number of phenols is 1. The molecule has 0 aromatic heterocycles. The van der Waals surface area contributed by atoms with Gasteiger partial charge in [0.1, 0.15) is 19.1 Å². The summed E-state index contributed by atoms with van der Waals surface area (Å²) in [4.78, 5) is 18.6. The molecule has 1 N–H and O–H groups in total. The normalized spacial score (nSPS) is 6.85. The first-order valence-electron chi connectivity index (χ1n) is 8.85. The van der Waals surface area contributed by atoms with Crippen LogP contribution >= 0.6 is 0 Å². The van der Waals surface area contributed by atoms with Crippen molar-refractivity contribution < 1.29 is 44.3 Å². The predicted molar refractivity (Wildman–Crippen MR) is 107 cm³/mol. The molecule has 0 unspecified atom stereocenters. The fourth-order valence-corrected chi connectivity index (χ4v) is 1.19. The summed E-state index contributed by atoms with van der Waals surface area (Å²) in [5.41, 5.74) is 1.51. The molecule has 5 nitrogen and oxygen atoms in total. The molecule has 6 heteroatoms.